The third-order valence-electron chi connectivity index (χ3n) is 2.32. The van der Waals surface area contributed by atoms with E-state index in [1.165, 1.54) is 0 Å². The number of nitrogens with one attached hydrogen (secondary N) is 1. The molecule has 0 bridgehead atoms. The van der Waals surface area contributed by atoms with E-state index in [1.54, 1.807) is 0 Å². The van der Waals surface area contributed by atoms with Crippen molar-refractivity contribution in [2.45, 2.75) is 6.54 Å². The molecular weight excluding hydrogens is 365 g/mol. The first-order valence-corrected chi connectivity index (χ1v) is 7.05. The first kappa shape index (κ1) is 12.9. The van der Waals surface area contributed by atoms with Gasteiger partial charge in [-0.3, -0.25) is 0 Å². The third kappa shape index (κ3) is 3.73. The first-order valence-electron chi connectivity index (χ1n) is 5.08. The molecule has 88 valence electrons. The number of benzene rings is 2. The lowest BCUT2D eigenvalue weighted by Gasteiger charge is -2.09. The first-order chi connectivity index (χ1) is 8.15. The summed E-state index contributed by atoms with van der Waals surface area (Å²) in [7, 11) is 0. The molecule has 1 N–H and O–H groups in total. The highest BCUT2D eigenvalue weighted by Gasteiger charge is 2.01. The van der Waals surface area contributed by atoms with Crippen LogP contribution in [0.1, 0.15) is 5.56 Å². The summed E-state index contributed by atoms with van der Waals surface area (Å²) < 4.78 is 2.12. The van der Waals surface area contributed by atoms with Crippen LogP contribution in [0, 0.1) is 0 Å². The molecule has 0 amide bonds. The van der Waals surface area contributed by atoms with Crippen LogP contribution in [0.3, 0.4) is 0 Å². The van der Waals surface area contributed by atoms with E-state index in [2.05, 4.69) is 37.2 Å². The largest absolute Gasteiger partial charge is 0.381 e. The van der Waals surface area contributed by atoms with Crippen molar-refractivity contribution >= 4 is 49.1 Å². The molecule has 0 saturated carbocycles. The fourth-order valence-corrected chi connectivity index (χ4v) is 2.46. The summed E-state index contributed by atoms with van der Waals surface area (Å²) in [5.41, 5.74) is 2.21. The summed E-state index contributed by atoms with van der Waals surface area (Å²) >= 11 is 12.9. The van der Waals surface area contributed by atoms with Gasteiger partial charge < -0.3 is 5.32 Å². The Kier molecular flexibility index (Phi) is 4.48. The van der Waals surface area contributed by atoms with E-state index in [-0.39, 0.29) is 0 Å². The van der Waals surface area contributed by atoms with Crippen molar-refractivity contribution in [3.8, 4) is 0 Å². The number of hydrogen-bond donors (Lipinski definition) is 1. The van der Waals surface area contributed by atoms with Crippen LogP contribution in [-0.4, -0.2) is 0 Å². The Balaban J connectivity index is 2.09. The zero-order chi connectivity index (χ0) is 12.3. The monoisotopic (exact) mass is 373 g/mol. The molecule has 2 aromatic carbocycles. The summed E-state index contributed by atoms with van der Waals surface area (Å²) in [6.45, 7) is 0.734. The Morgan fingerprint density at radius 1 is 1.06 bits per heavy atom. The van der Waals surface area contributed by atoms with E-state index in [4.69, 9.17) is 11.6 Å². The van der Waals surface area contributed by atoms with E-state index in [1.807, 2.05) is 42.5 Å². The molecule has 17 heavy (non-hydrogen) atoms. The fraction of sp³-hybridized carbons (Fsp3) is 0.0769. The van der Waals surface area contributed by atoms with Gasteiger partial charge in [0.05, 0.1) is 0 Å². The average Bonchev–Trinajstić information content (AvgIpc) is 2.30. The van der Waals surface area contributed by atoms with Crippen LogP contribution in [0.5, 0.6) is 0 Å². The van der Waals surface area contributed by atoms with Gasteiger partial charge in [0.15, 0.2) is 0 Å². The van der Waals surface area contributed by atoms with Gasteiger partial charge in [0.25, 0.3) is 0 Å². The fourth-order valence-electron chi connectivity index (χ4n) is 1.47. The minimum absolute atomic E-state index is 0.734. The molecule has 0 spiro atoms. The number of anilines is 1. The van der Waals surface area contributed by atoms with E-state index in [9.17, 15) is 0 Å². The Bertz CT molecular complexity index is 529. The Morgan fingerprint density at radius 2 is 1.88 bits per heavy atom. The van der Waals surface area contributed by atoms with Crippen molar-refractivity contribution in [1.82, 2.24) is 0 Å². The minimum atomic E-state index is 0.734. The third-order valence-corrected chi connectivity index (χ3v) is 3.82. The van der Waals surface area contributed by atoms with Gasteiger partial charge in [-0.25, -0.2) is 0 Å². The summed E-state index contributed by atoms with van der Waals surface area (Å²) in [4.78, 5) is 0. The van der Waals surface area contributed by atoms with Crippen molar-refractivity contribution in [3.63, 3.8) is 0 Å². The second kappa shape index (κ2) is 5.89. The zero-order valence-corrected chi connectivity index (χ0v) is 12.8. The molecule has 2 aromatic rings. The number of halogens is 3. The molecule has 4 heteroatoms. The van der Waals surface area contributed by atoms with Crippen molar-refractivity contribution in [2.75, 3.05) is 5.32 Å². The van der Waals surface area contributed by atoms with Crippen molar-refractivity contribution in [2.24, 2.45) is 0 Å². The molecule has 0 saturated heterocycles. The molecule has 0 aliphatic heterocycles. The molecule has 0 aliphatic rings. The molecule has 0 aromatic heterocycles. The highest BCUT2D eigenvalue weighted by atomic mass is 79.9. The van der Waals surface area contributed by atoms with Gasteiger partial charge >= 0.3 is 0 Å². The second-order valence-corrected chi connectivity index (χ2v) is 5.81. The number of rotatable bonds is 3. The molecule has 0 aliphatic carbocycles. The van der Waals surface area contributed by atoms with Crippen LogP contribution < -0.4 is 5.32 Å². The highest BCUT2D eigenvalue weighted by Crippen LogP contribution is 2.23. The highest BCUT2D eigenvalue weighted by molar-refractivity contribution is 9.10. The number of hydrogen-bond acceptors (Lipinski definition) is 1. The normalized spacial score (nSPS) is 10.3. The van der Waals surface area contributed by atoms with Gasteiger partial charge in [0.2, 0.25) is 0 Å². The van der Waals surface area contributed by atoms with Crippen LogP contribution in [0.2, 0.25) is 5.02 Å². The molecule has 0 radical (unpaired) electrons. The smallest absolute Gasteiger partial charge is 0.0412 e. The lowest BCUT2D eigenvalue weighted by atomic mass is 10.2. The second-order valence-electron chi connectivity index (χ2n) is 3.60. The molecule has 0 heterocycles. The quantitative estimate of drug-likeness (QED) is 0.749. The van der Waals surface area contributed by atoms with Crippen molar-refractivity contribution < 1.29 is 0 Å². The maximum Gasteiger partial charge on any atom is 0.0412 e. The maximum atomic E-state index is 5.97. The van der Waals surface area contributed by atoms with Gasteiger partial charge in [0.1, 0.15) is 0 Å². The maximum absolute atomic E-state index is 5.97. The van der Waals surface area contributed by atoms with Crippen LogP contribution in [-0.2, 0) is 6.54 Å². The standard InChI is InChI=1S/C13H10Br2ClN/c14-10-2-1-3-12(7-10)17-8-9-6-11(16)4-5-13(9)15/h1-7,17H,8H2. The van der Waals surface area contributed by atoms with E-state index in [0.29, 0.717) is 0 Å². The van der Waals surface area contributed by atoms with Gasteiger partial charge in [-0.2, -0.15) is 0 Å². The molecule has 0 atom stereocenters. The van der Waals surface area contributed by atoms with E-state index in [0.717, 1.165) is 31.8 Å². The lowest BCUT2D eigenvalue weighted by Crippen LogP contribution is -2.00. The summed E-state index contributed by atoms with van der Waals surface area (Å²) in [6.07, 6.45) is 0. The van der Waals surface area contributed by atoms with E-state index >= 15 is 0 Å². The molecule has 0 unspecified atom stereocenters. The summed E-state index contributed by atoms with van der Waals surface area (Å²) in [5, 5.41) is 4.10. The zero-order valence-electron chi connectivity index (χ0n) is 8.88. The van der Waals surface area contributed by atoms with Gasteiger partial charge in [-0.05, 0) is 42.0 Å². The van der Waals surface area contributed by atoms with Crippen LogP contribution in [0.15, 0.2) is 51.4 Å². The van der Waals surface area contributed by atoms with Crippen LogP contribution >= 0.6 is 43.5 Å². The van der Waals surface area contributed by atoms with Gasteiger partial charge in [0, 0.05) is 26.2 Å². The van der Waals surface area contributed by atoms with Gasteiger partial charge in [-0.15, -0.1) is 0 Å². The molecule has 2 rings (SSSR count). The Hall–Kier alpha value is -0.510. The van der Waals surface area contributed by atoms with E-state index < -0.39 is 0 Å². The van der Waals surface area contributed by atoms with Crippen LogP contribution in [0.25, 0.3) is 0 Å². The minimum Gasteiger partial charge on any atom is -0.381 e. The summed E-state index contributed by atoms with van der Waals surface area (Å²) in [5.74, 6) is 0. The topological polar surface area (TPSA) is 12.0 Å². The SMILES string of the molecule is Clc1ccc(Br)c(CNc2cccc(Br)c2)c1. The molecule has 0 fully saturated rings. The molecular formula is C13H10Br2ClN. The molecule has 1 nitrogen and oxygen atoms in total. The van der Waals surface area contributed by atoms with Gasteiger partial charge in [-0.1, -0.05) is 49.5 Å². The Morgan fingerprint density at radius 3 is 2.65 bits per heavy atom. The van der Waals surface area contributed by atoms with Crippen LogP contribution in [0.4, 0.5) is 5.69 Å². The average molecular weight is 375 g/mol. The predicted molar refractivity (Wildman–Crippen MR) is 80.6 cm³/mol. The predicted octanol–water partition coefficient (Wildman–Crippen LogP) is 5.48. The van der Waals surface area contributed by atoms with Crippen molar-refractivity contribution in [3.05, 3.63) is 62.0 Å². The van der Waals surface area contributed by atoms with Crippen molar-refractivity contribution in [1.29, 1.82) is 0 Å². The lowest BCUT2D eigenvalue weighted by molar-refractivity contribution is 1.14. The Labute approximate surface area is 122 Å². The summed E-state index contributed by atoms with van der Waals surface area (Å²) in [6, 6.07) is 13.9.